The van der Waals surface area contributed by atoms with Gasteiger partial charge in [0.1, 0.15) is 0 Å². The molecule has 0 saturated carbocycles. The first-order valence-corrected chi connectivity index (χ1v) is 5.80. The van der Waals surface area contributed by atoms with Gasteiger partial charge in [-0.05, 0) is 37.8 Å². The minimum absolute atomic E-state index is 0.575. The summed E-state index contributed by atoms with van der Waals surface area (Å²) in [4.78, 5) is 0. The van der Waals surface area contributed by atoms with Crippen LogP contribution in [0.2, 0.25) is 0 Å². The molecule has 1 N–H and O–H groups in total. The van der Waals surface area contributed by atoms with Crippen LogP contribution in [0, 0.1) is 19.8 Å². The first-order chi connectivity index (χ1) is 7.00. The van der Waals surface area contributed by atoms with Crippen molar-refractivity contribution in [2.75, 3.05) is 0 Å². The highest BCUT2D eigenvalue weighted by molar-refractivity contribution is 5.30. The van der Waals surface area contributed by atoms with Crippen LogP contribution in [-0.4, -0.2) is 6.04 Å². The van der Waals surface area contributed by atoms with E-state index in [1.165, 1.54) is 16.7 Å². The Morgan fingerprint density at radius 1 is 1.13 bits per heavy atom. The maximum absolute atomic E-state index is 3.56. The van der Waals surface area contributed by atoms with E-state index in [-0.39, 0.29) is 0 Å². The lowest BCUT2D eigenvalue weighted by molar-refractivity contribution is 0.426. The zero-order chi connectivity index (χ0) is 11.4. The van der Waals surface area contributed by atoms with E-state index >= 15 is 0 Å². The summed E-state index contributed by atoms with van der Waals surface area (Å²) in [5.74, 6) is 0.691. The van der Waals surface area contributed by atoms with Crippen molar-refractivity contribution >= 4 is 0 Å². The largest absolute Gasteiger partial charge is 0.310 e. The molecule has 1 atom stereocenters. The van der Waals surface area contributed by atoms with E-state index in [0.717, 1.165) is 6.54 Å². The van der Waals surface area contributed by atoms with Gasteiger partial charge in [-0.3, -0.25) is 0 Å². The lowest BCUT2D eigenvalue weighted by Gasteiger charge is -2.18. The smallest absolute Gasteiger partial charge is 0.0210 e. The molecule has 0 aliphatic heterocycles. The van der Waals surface area contributed by atoms with Gasteiger partial charge in [-0.1, -0.05) is 37.6 Å². The molecule has 0 amide bonds. The third-order valence-electron chi connectivity index (χ3n) is 3.11. The minimum Gasteiger partial charge on any atom is -0.310 e. The van der Waals surface area contributed by atoms with Crippen LogP contribution >= 0.6 is 0 Å². The van der Waals surface area contributed by atoms with Crippen LogP contribution in [0.4, 0.5) is 0 Å². The lowest BCUT2D eigenvalue weighted by Crippen LogP contribution is -2.30. The standard InChI is InChI=1S/C14H23N/c1-10(2)13(5)15-9-14-7-6-11(3)8-12(14)4/h6-8,10,13,15H,9H2,1-5H3. The zero-order valence-electron chi connectivity index (χ0n) is 10.6. The Hall–Kier alpha value is -0.820. The molecule has 0 aliphatic carbocycles. The molecule has 0 aromatic heterocycles. The van der Waals surface area contributed by atoms with Crippen LogP contribution in [0.25, 0.3) is 0 Å². The summed E-state index contributed by atoms with van der Waals surface area (Å²) in [6.45, 7) is 12.0. The van der Waals surface area contributed by atoms with Crippen molar-refractivity contribution in [2.45, 2.75) is 47.2 Å². The normalized spacial score (nSPS) is 13.2. The quantitative estimate of drug-likeness (QED) is 0.794. The Balaban J connectivity index is 2.58. The number of hydrogen-bond acceptors (Lipinski definition) is 1. The van der Waals surface area contributed by atoms with Crippen molar-refractivity contribution in [3.8, 4) is 0 Å². The van der Waals surface area contributed by atoms with E-state index < -0.39 is 0 Å². The Bertz CT molecular complexity index is 315. The number of aryl methyl sites for hydroxylation is 2. The van der Waals surface area contributed by atoms with Crippen molar-refractivity contribution in [2.24, 2.45) is 5.92 Å². The molecule has 1 aromatic carbocycles. The molecule has 1 nitrogen and oxygen atoms in total. The van der Waals surface area contributed by atoms with Gasteiger partial charge in [-0.25, -0.2) is 0 Å². The fourth-order valence-electron chi connectivity index (χ4n) is 1.55. The molecule has 1 heteroatoms. The van der Waals surface area contributed by atoms with E-state index in [1.807, 2.05) is 0 Å². The fourth-order valence-corrected chi connectivity index (χ4v) is 1.55. The predicted octanol–water partition coefficient (Wildman–Crippen LogP) is 3.44. The van der Waals surface area contributed by atoms with E-state index in [1.54, 1.807) is 0 Å². The number of hydrogen-bond donors (Lipinski definition) is 1. The summed E-state index contributed by atoms with van der Waals surface area (Å²) < 4.78 is 0. The number of rotatable bonds is 4. The highest BCUT2D eigenvalue weighted by Gasteiger charge is 2.06. The lowest BCUT2D eigenvalue weighted by atomic mass is 10.0. The van der Waals surface area contributed by atoms with Gasteiger partial charge in [-0.15, -0.1) is 0 Å². The van der Waals surface area contributed by atoms with Crippen LogP contribution in [-0.2, 0) is 6.54 Å². The van der Waals surface area contributed by atoms with Gasteiger partial charge in [0.25, 0.3) is 0 Å². The molecule has 0 spiro atoms. The van der Waals surface area contributed by atoms with Gasteiger partial charge in [0, 0.05) is 12.6 Å². The van der Waals surface area contributed by atoms with Crippen molar-refractivity contribution < 1.29 is 0 Å². The Labute approximate surface area is 93.9 Å². The molecule has 1 aromatic rings. The van der Waals surface area contributed by atoms with Gasteiger partial charge >= 0.3 is 0 Å². The highest BCUT2D eigenvalue weighted by Crippen LogP contribution is 2.11. The van der Waals surface area contributed by atoms with Crippen molar-refractivity contribution in [1.29, 1.82) is 0 Å². The first kappa shape index (κ1) is 12.3. The molecular weight excluding hydrogens is 182 g/mol. The summed E-state index contributed by atoms with van der Waals surface area (Å²) in [7, 11) is 0. The average molecular weight is 205 g/mol. The average Bonchev–Trinajstić information content (AvgIpc) is 2.15. The molecule has 15 heavy (non-hydrogen) atoms. The summed E-state index contributed by atoms with van der Waals surface area (Å²) in [6.07, 6.45) is 0. The Kier molecular flexibility index (Phi) is 4.34. The molecule has 0 aliphatic rings. The third kappa shape index (κ3) is 3.67. The van der Waals surface area contributed by atoms with Crippen molar-refractivity contribution in [3.05, 3.63) is 34.9 Å². The molecule has 1 unspecified atom stereocenters. The van der Waals surface area contributed by atoms with Crippen molar-refractivity contribution in [1.82, 2.24) is 5.32 Å². The monoisotopic (exact) mass is 205 g/mol. The van der Waals surface area contributed by atoms with E-state index in [9.17, 15) is 0 Å². The van der Waals surface area contributed by atoms with Gasteiger partial charge in [0.2, 0.25) is 0 Å². The summed E-state index contributed by atoms with van der Waals surface area (Å²) in [5, 5.41) is 3.56. The Morgan fingerprint density at radius 3 is 2.33 bits per heavy atom. The second-order valence-electron chi connectivity index (χ2n) is 4.84. The summed E-state index contributed by atoms with van der Waals surface area (Å²) in [6, 6.07) is 7.23. The second-order valence-corrected chi connectivity index (χ2v) is 4.84. The third-order valence-corrected chi connectivity index (χ3v) is 3.11. The van der Waals surface area contributed by atoms with Crippen LogP contribution in [0.15, 0.2) is 18.2 Å². The maximum Gasteiger partial charge on any atom is 0.0210 e. The molecule has 1 rings (SSSR count). The minimum atomic E-state index is 0.575. The molecular formula is C14H23N. The maximum atomic E-state index is 3.56. The topological polar surface area (TPSA) is 12.0 Å². The first-order valence-electron chi connectivity index (χ1n) is 5.80. The van der Waals surface area contributed by atoms with E-state index in [2.05, 4.69) is 58.1 Å². The molecule has 0 saturated heterocycles. The summed E-state index contributed by atoms with van der Waals surface area (Å²) in [5.41, 5.74) is 4.14. The molecule has 0 heterocycles. The fraction of sp³-hybridized carbons (Fsp3) is 0.571. The molecule has 0 radical (unpaired) electrons. The molecule has 84 valence electrons. The van der Waals surface area contributed by atoms with Crippen LogP contribution in [0.1, 0.15) is 37.5 Å². The van der Waals surface area contributed by atoms with Crippen molar-refractivity contribution in [3.63, 3.8) is 0 Å². The SMILES string of the molecule is Cc1ccc(CNC(C)C(C)C)c(C)c1. The number of benzene rings is 1. The second kappa shape index (κ2) is 5.32. The van der Waals surface area contributed by atoms with Gasteiger partial charge in [0.05, 0.1) is 0 Å². The Morgan fingerprint density at radius 2 is 1.80 bits per heavy atom. The number of nitrogens with one attached hydrogen (secondary N) is 1. The molecule has 0 bridgehead atoms. The summed E-state index contributed by atoms with van der Waals surface area (Å²) >= 11 is 0. The molecule has 0 fully saturated rings. The predicted molar refractivity (Wildman–Crippen MR) is 67.1 cm³/mol. The van der Waals surface area contributed by atoms with Gasteiger partial charge < -0.3 is 5.32 Å². The van der Waals surface area contributed by atoms with E-state index in [0.29, 0.717) is 12.0 Å². The van der Waals surface area contributed by atoms with Crippen LogP contribution < -0.4 is 5.32 Å². The van der Waals surface area contributed by atoms with Crippen LogP contribution in [0.5, 0.6) is 0 Å². The van der Waals surface area contributed by atoms with E-state index in [4.69, 9.17) is 0 Å². The van der Waals surface area contributed by atoms with Gasteiger partial charge in [-0.2, -0.15) is 0 Å². The zero-order valence-corrected chi connectivity index (χ0v) is 10.6. The highest BCUT2D eigenvalue weighted by atomic mass is 14.9. The van der Waals surface area contributed by atoms with Gasteiger partial charge in [0.15, 0.2) is 0 Å². The van der Waals surface area contributed by atoms with Crippen LogP contribution in [0.3, 0.4) is 0 Å².